The Morgan fingerprint density at radius 1 is 1.32 bits per heavy atom. The molecule has 0 saturated heterocycles. The van der Waals surface area contributed by atoms with Gasteiger partial charge in [-0.2, -0.15) is 18.3 Å². The summed E-state index contributed by atoms with van der Waals surface area (Å²) in [6.45, 7) is 3.66. The number of alkyl halides is 3. The molecule has 0 spiro atoms. The van der Waals surface area contributed by atoms with Crippen molar-refractivity contribution in [2.75, 3.05) is 6.61 Å². The van der Waals surface area contributed by atoms with Gasteiger partial charge in [0.05, 0.1) is 17.7 Å². The minimum Gasteiger partial charge on any atom is -0.434 e. The van der Waals surface area contributed by atoms with Crippen LogP contribution < -0.4 is 15.2 Å². The number of nitrogens with zero attached hydrogens (tertiary/aromatic N) is 2. The minimum absolute atomic E-state index is 0.00714. The molecule has 0 aliphatic heterocycles. The van der Waals surface area contributed by atoms with Crippen LogP contribution in [0.3, 0.4) is 0 Å². The third-order valence-electron chi connectivity index (χ3n) is 3.19. The molecule has 1 aromatic heterocycles. The second-order valence-corrected chi connectivity index (χ2v) is 6.13. The van der Waals surface area contributed by atoms with Gasteiger partial charge in [-0.3, -0.25) is 4.79 Å². The molecule has 28 heavy (non-hydrogen) atoms. The molecule has 150 valence electrons. The second-order valence-electron chi connectivity index (χ2n) is 6.13. The summed E-state index contributed by atoms with van der Waals surface area (Å²) < 4.78 is 50.5. The molecule has 0 aliphatic carbocycles. The number of aromatic nitrogens is 3. The quantitative estimate of drug-likeness (QED) is 0.336. The van der Waals surface area contributed by atoms with E-state index < -0.39 is 23.8 Å². The first-order chi connectivity index (χ1) is 13.0. The third-order valence-corrected chi connectivity index (χ3v) is 3.19. The SMILES string of the molecule is CC(C)COC(=O)Oc1cc(-c2nc[n+](/C=C\C(N)=O)[nH]2)cc(C(F)(F)F)c1. The summed E-state index contributed by atoms with van der Waals surface area (Å²) in [7, 11) is 0. The van der Waals surface area contributed by atoms with Crippen LogP contribution in [0.25, 0.3) is 17.6 Å². The number of rotatable bonds is 6. The first kappa shape index (κ1) is 20.9. The van der Waals surface area contributed by atoms with E-state index in [1.165, 1.54) is 23.3 Å². The van der Waals surface area contributed by atoms with Crippen LogP contribution in [-0.4, -0.2) is 28.8 Å². The van der Waals surface area contributed by atoms with Crippen molar-refractivity contribution in [3.63, 3.8) is 0 Å². The molecule has 1 aromatic carbocycles. The normalized spacial score (nSPS) is 11.8. The zero-order valence-corrected chi connectivity index (χ0v) is 15.0. The van der Waals surface area contributed by atoms with Crippen molar-refractivity contribution in [3.05, 3.63) is 36.2 Å². The number of hydrogen-bond donors (Lipinski definition) is 2. The monoisotopic (exact) mass is 399 g/mol. The smallest absolute Gasteiger partial charge is 0.434 e. The maximum absolute atomic E-state index is 13.2. The van der Waals surface area contributed by atoms with Gasteiger partial charge < -0.3 is 15.2 Å². The summed E-state index contributed by atoms with van der Waals surface area (Å²) in [6.07, 6.45) is -2.28. The Hall–Kier alpha value is -3.37. The Morgan fingerprint density at radius 2 is 2.04 bits per heavy atom. The number of carbonyl (C=O) groups is 2. The van der Waals surface area contributed by atoms with E-state index in [1.54, 1.807) is 13.8 Å². The number of primary amides is 1. The molecule has 11 heteroatoms. The van der Waals surface area contributed by atoms with E-state index in [0.717, 1.165) is 12.1 Å². The zero-order valence-electron chi connectivity index (χ0n) is 15.0. The Balaban J connectivity index is 2.33. The highest BCUT2D eigenvalue weighted by atomic mass is 19.4. The van der Waals surface area contributed by atoms with Gasteiger partial charge in [0.2, 0.25) is 5.91 Å². The van der Waals surface area contributed by atoms with Crippen molar-refractivity contribution in [1.29, 1.82) is 0 Å². The molecule has 0 atom stereocenters. The van der Waals surface area contributed by atoms with Gasteiger partial charge in [0.25, 0.3) is 5.82 Å². The van der Waals surface area contributed by atoms with Crippen molar-refractivity contribution in [2.24, 2.45) is 11.7 Å². The van der Waals surface area contributed by atoms with Gasteiger partial charge in [0.15, 0.2) is 0 Å². The highest BCUT2D eigenvalue weighted by molar-refractivity contribution is 5.87. The Morgan fingerprint density at radius 3 is 2.64 bits per heavy atom. The molecule has 0 bridgehead atoms. The van der Waals surface area contributed by atoms with Crippen LogP contribution in [0, 0.1) is 5.92 Å². The van der Waals surface area contributed by atoms with Gasteiger partial charge in [-0.25, -0.2) is 4.79 Å². The summed E-state index contributed by atoms with van der Waals surface area (Å²) in [4.78, 5) is 26.4. The van der Waals surface area contributed by atoms with Crippen LogP contribution in [0.2, 0.25) is 0 Å². The van der Waals surface area contributed by atoms with Gasteiger partial charge in [-0.15, -0.1) is 4.68 Å². The molecular formula is C17H18F3N4O4+. The second kappa shape index (κ2) is 8.55. The number of H-pyrrole nitrogens is 1. The third kappa shape index (κ3) is 6.11. The van der Waals surface area contributed by atoms with Gasteiger partial charge in [0.1, 0.15) is 11.9 Å². The maximum atomic E-state index is 13.2. The summed E-state index contributed by atoms with van der Waals surface area (Å²) in [6, 6.07) is 2.73. The van der Waals surface area contributed by atoms with Crippen LogP contribution in [0.4, 0.5) is 18.0 Å². The number of nitrogens with two attached hydrogens (primary N) is 1. The number of halogens is 3. The van der Waals surface area contributed by atoms with E-state index in [4.69, 9.17) is 15.2 Å². The molecule has 2 aromatic rings. The molecule has 0 saturated carbocycles. The summed E-state index contributed by atoms with van der Waals surface area (Å²) in [5.74, 6) is -0.982. The van der Waals surface area contributed by atoms with E-state index in [-0.39, 0.29) is 29.7 Å². The first-order valence-electron chi connectivity index (χ1n) is 8.05. The van der Waals surface area contributed by atoms with Crippen LogP contribution in [0.1, 0.15) is 19.4 Å². The summed E-state index contributed by atoms with van der Waals surface area (Å²) in [5.41, 5.74) is 3.95. The van der Waals surface area contributed by atoms with Crippen molar-refractivity contribution >= 4 is 18.3 Å². The number of ether oxygens (including phenoxy) is 2. The van der Waals surface area contributed by atoms with Crippen molar-refractivity contribution in [2.45, 2.75) is 20.0 Å². The van der Waals surface area contributed by atoms with E-state index in [0.29, 0.717) is 6.07 Å². The van der Waals surface area contributed by atoms with E-state index >= 15 is 0 Å². The number of aromatic amines is 1. The molecule has 2 rings (SSSR count). The molecule has 0 unspecified atom stereocenters. The van der Waals surface area contributed by atoms with Crippen molar-refractivity contribution in [1.82, 2.24) is 10.1 Å². The molecule has 1 amide bonds. The number of nitrogens with one attached hydrogen (secondary N) is 1. The molecule has 0 fully saturated rings. The van der Waals surface area contributed by atoms with Crippen LogP contribution in [-0.2, 0) is 15.7 Å². The Bertz CT molecular complexity index is 891. The maximum Gasteiger partial charge on any atom is 0.513 e. The first-order valence-corrected chi connectivity index (χ1v) is 8.05. The highest BCUT2D eigenvalue weighted by Gasteiger charge is 2.32. The van der Waals surface area contributed by atoms with E-state index in [1.807, 2.05) is 0 Å². The predicted octanol–water partition coefficient (Wildman–Crippen LogP) is 2.51. The topological polar surface area (TPSA) is 111 Å². The standard InChI is InChI=1S/C17H17F3N4O4/c1-10(2)8-27-16(26)28-13-6-11(5-12(7-13)17(18,19)20)15-22-9-24(23-15)4-3-14(21)25/h3-7,9-10H,8H2,1-2H3,(H2,21,25)/p+1/b4-3-. The lowest BCUT2D eigenvalue weighted by Crippen LogP contribution is -2.27. The molecular weight excluding hydrogens is 381 g/mol. The average Bonchev–Trinajstić information content (AvgIpc) is 3.06. The Kier molecular flexibility index (Phi) is 6.39. The van der Waals surface area contributed by atoms with Crippen molar-refractivity contribution in [3.8, 4) is 17.1 Å². The molecule has 8 nitrogen and oxygen atoms in total. The molecule has 0 radical (unpaired) electrons. The lowest BCUT2D eigenvalue weighted by Gasteiger charge is -2.11. The summed E-state index contributed by atoms with van der Waals surface area (Å²) >= 11 is 0. The van der Waals surface area contributed by atoms with Crippen LogP contribution in [0.15, 0.2) is 30.6 Å². The van der Waals surface area contributed by atoms with Gasteiger partial charge >= 0.3 is 18.7 Å². The predicted molar refractivity (Wildman–Crippen MR) is 90.6 cm³/mol. The number of hydrogen-bond acceptors (Lipinski definition) is 5. The van der Waals surface area contributed by atoms with Crippen LogP contribution >= 0.6 is 0 Å². The fourth-order valence-corrected chi connectivity index (χ4v) is 1.99. The molecule has 3 N–H and O–H groups in total. The number of benzene rings is 1. The molecule has 0 aliphatic rings. The number of amides is 1. The fraction of sp³-hybridized carbons (Fsp3) is 0.294. The average molecular weight is 399 g/mol. The van der Waals surface area contributed by atoms with Crippen LogP contribution in [0.5, 0.6) is 5.75 Å². The minimum atomic E-state index is -4.68. The Labute approximate surface area is 157 Å². The largest absolute Gasteiger partial charge is 0.513 e. The van der Waals surface area contributed by atoms with Gasteiger partial charge in [0, 0.05) is 6.08 Å². The van der Waals surface area contributed by atoms with Crippen molar-refractivity contribution < 1.29 is 36.9 Å². The number of carbonyl (C=O) groups excluding carboxylic acids is 2. The lowest BCUT2D eigenvalue weighted by atomic mass is 10.1. The van der Waals surface area contributed by atoms with Gasteiger partial charge in [-0.1, -0.05) is 13.8 Å². The lowest BCUT2D eigenvalue weighted by molar-refractivity contribution is -0.630. The van der Waals surface area contributed by atoms with Gasteiger partial charge in [-0.05, 0) is 29.1 Å². The van der Waals surface area contributed by atoms with E-state index in [2.05, 4.69) is 10.1 Å². The zero-order chi connectivity index (χ0) is 20.9. The summed E-state index contributed by atoms with van der Waals surface area (Å²) in [5, 5.41) is 2.66. The highest BCUT2D eigenvalue weighted by Crippen LogP contribution is 2.34. The van der Waals surface area contributed by atoms with E-state index in [9.17, 15) is 22.8 Å². The fourth-order valence-electron chi connectivity index (χ4n) is 1.99. The molecule has 1 heterocycles.